The van der Waals surface area contributed by atoms with E-state index in [9.17, 15) is 10.1 Å². The Labute approximate surface area is 137 Å². The second-order valence-corrected chi connectivity index (χ2v) is 4.88. The lowest BCUT2D eigenvalue weighted by Crippen LogP contribution is -1.94. The van der Waals surface area contributed by atoms with Crippen molar-refractivity contribution in [3.63, 3.8) is 0 Å². The summed E-state index contributed by atoms with van der Waals surface area (Å²) in [6.45, 7) is 0. The third-order valence-corrected chi connectivity index (χ3v) is 3.46. The number of nitro groups is 1. The molecule has 1 N–H and O–H groups in total. The number of nitrogens with zero attached hydrogens (tertiary/aromatic N) is 3. The zero-order valence-electron chi connectivity index (χ0n) is 13.0. The zero-order valence-corrected chi connectivity index (χ0v) is 13.0. The van der Waals surface area contributed by atoms with Gasteiger partial charge in [0.2, 0.25) is 0 Å². The smallest absolute Gasteiger partial charge is 0.311 e. The van der Waals surface area contributed by atoms with Gasteiger partial charge < -0.3 is 9.47 Å². The van der Waals surface area contributed by atoms with Crippen LogP contribution in [0.5, 0.6) is 11.5 Å². The lowest BCUT2D eigenvalue weighted by atomic mass is 10.1. The van der Waals surface area contributed by atoms with Gasteiger partial charge in [-0.2, -0.15) is 5.10 Å². The topological polar surface area (TPSA) is 103 Å². The number of ether oxygens (including phenoxy) is 2. The van der Waals surface area contributed by atoms with Gasteiger partial charge in [-0.25, -0.2) is 4.98 Å². The molecule has 0 aliphatic carbocycles. The number of aromatic nitrogens is 3. The molecule has 3 rings (SSSR count). The average Bonchev–Trinajstić information content (AvgIpc) is 3.11. The maximum absolute atomic E-state index is 11.1. The number of hydrogen-bond donors (Lipinski definition) is 1. The predicted octanol–water partition coefficient (Wildman–Crippen LogP) is 3.06. The summed E-state index contributed by atoms with van der Waals surface area (Å²) in [6.07, 6.45) is 0. The van der Waals surface area contributed by atoms with Crippen molar-refractivity contribution in [2.75, 3.05) is 14.2 Å². The van der Waals surface area contributed by atoms with Crippen LogP contribution in [0.15, 0.2) is 42.5 Å². The first kappa shape index (κ1) is 15.5. The van der Waals surface area contributed by atoms with Gasteiger partial charge in [-0.3, -0.25) is 15.2 Å². The molecular formula is C16H14N4O4. The Hall–Kier alpha value is -3.42. The number of aromatic amines is 1. The lowest BCUT2D eigenvalue weighted by Gasteiger charge is -2.03. The first-order valence-electron chi connectivity index (χ1n) is 7.02. The molecule has 0 saturated carbocycles. The molecule has 0 aliphatic rings. The quantitative estimate of drug-likeness (QED) is 0.571. The van der Waals surface area contributed by atoms with Crippen molar-refractivity contribution >= 4 is 5.69 Å². The molecule has 0 bridgehead atoms. The van der Waals surface area contributed by atoms with E-state index in [4.69, 9.17) is 9.47 Å². The fourth-order valence-corrected chi connectivity index (χ4v) is 2.26. The van der Waals surface area contributed by atoms with E-state index in [0.29, 0.717) is 23.0 Å². The number of H-pyrrole nitrogens is 1. The Bertz CT molecular complexity index is 891. The first-order valence-corrected chi connectivity index (χ1v) is 7.02. The summed E-state index contributed by atoms with van der Waals surface area (Å²) in [6, 6.07) is 11.9. The van der Waals surface area contributed by atoms with Crippen molar-refractivity contribution in [1.29, 1.82) is 0 Å². The molecule has 8 nitrogen and oxygen atoms in total. The first-order chi connectivity index (χ1) is 11.6. The number of hydrogen-bond acceptors (Lipinski definition) is 6. The van der Waals surface area contributed by atoms with Crippen LogP contribution in [0.25, 0.3) is 22.8 Å². The maximum atomic E-state index is 11.1. The van der Waals surface area contributed by atoms with Gasteiger partial charge in [-0.1, -0.05) is 12.1 Å². The summed E-state index contributed by atoms with van der Waals surface area (Å²) in [7, 11) is 2.97. The summed E-state index contributed by atoms with van der Waals surface area (Å²) >= 11 is 0. The molecule has 122 valence electrons. The van der Waals surface area contributed by atoms with Gasteiger partial charge in [-0.15, -0.1) is 0 Å². The van der Waals surface area contributed by atoms with E-state index in [1.807, 2.05) is 24.3 Å². The van der Waals surface area contributed by atoms with Crippen LogP contribution in [0.4, 0.5) is 5.69 Å². The van der Waals surface area contributed by atoms with Crippen molar-refractivity contribution < 1.29 is 14.4 Å². The second kappa shape index (κ2) is 6.37. The third kappa shape index (κ3) is 2.89. The maximum Gasteiger partial charge on any atom is 0.311 e. The van der Waals surface area contributed by atoms with Gasteiger partial charge in [0.1, 0.15) is 5.75 Å². The van der Waals surface area contributed by atoms with E-state index >= 15 is 0 Å². The number of nitrogens with one attached hydrogen (secondary N) is 1. The van der Waals surface area contributed by atoms with E-state index < -0.39 is 4.92 Å². The summed E-state index contributed by atoms with van der Waals surface area (Å²) < 4.78 is 10.2. The van der Waals surface area contributed by atoms with Crippen LogP contribution in [-0.4, -0.2) is 34.3 Å². The van der Waals surface area contributed by atoms with E-state index in [1.54, 1.807) is 13.2 Å². The van der Waals surface area contributed by atoms with E-state index in [1.165, 1.54) is 19.2 Å². The van der Waals surface area contributed by atoms with Crippen LogP contribution in [0.3, 0.4) is 0 Å². The van der Waals surface area contributed by atoms with Gasteiger partial charge >= 0.3 is 5.69 Å². The highest BCUT2D eigenvalue weighted by atomic mass is 16.6. The Morgan fingerprint density at radius 2 is 1.92 bits per heavy atom. The summed E-state index contributed by atoms with van der Waals surface area (Å²) in [5.74, 6) is 1.79. The number of methoxy groups -OCH3 is 2. The van der Waals surface area contributed by atoms with Crippen LogP contribution in [0, 0.1) is 10.1 Å². The normalized spacial score (nSPS) is 10.4. The number of benzene rings is 2. The lowest BCUT2D eigenvalue weighted by molar-refractivity contribution is -0.385. The molecule has 2 aromatic carbocycles. The second-order valence-electron chi connectivity index (χ2n) is 4.88. The fraction of sp³-hybridized carbons (Fsp3) is 0.125. The summed E-state index contributed by atoms with van der Waals surface area (Å²) in [4.78, 5) is 15.0. The van der Waals surface area contributed by atoms with E-state index in [2.05, 4.69) is 15.2 Å². The predicted molar refractivity (Wildman–Crippen MR) is 87.0 cm³/mol. The SMILES string of the molecule is COc1cccc(-c2n[nH]c(-c3ccc(OC)c([N+](=O)[O-])c3)n2)c1. The van der Waals surface area contributed by atoms with Crippen LogP contribution >= 0.6 is 0 Å². The van der Waals surface area contributed by atoms with E-state index in [0.717, 1.165) is 5.56 Å². The molecule has 3 aromatic rings. The van der Waals surface area contributed by atoms with Crippen LogP contribution in [-0.2, 0) is 0 Å². The molecule has 0 amide bonds. The monoisotopic (exact) mass is 326 g/mol. The minimum Gasteiger partial charge on any atom is -0.497 e. The minimum atomic E-state index is -0.498. The Balaban J connectivity index is 1.98. The largest absolute Gasteiger partial charge is 0.497 e. The van der Waals surface area contributed by atoms with Crippen LogP contribution < -0.4 is 9.47 Å². The Kier molecular flexibility index (Phi) is 4.11. The molecular weight excluding hydrogens is 312 g/mol. The van der Waals surface area contributed by atoms with Crippen LogP contribution in [0.2, 0.25) is 0 Å². The molecule has 8 heteroatoms. The fourth-order valence-electron chi connectivity index (χ4n) is 2.26. The molecule has 0 unspecified atom stereocenters. The molecule has 0 radical (unpaired) electrons. The summed E-state index contributed by atoms with van der Waals surface area (Å²) in [5.41, 5.74) is 1.19. The van der Waals surface area contributed by atoms with Crippen molar-refractivity contribution in [2.24, 2.45) is 0 Å². The van der Waals surface area contributed by atoms with Crippen LogP contribution in [0.1, 0.15) is 0 Å². The molecule has 0 aliphatic heterocycles. The third-order valence-electron chi connectivity index (χ3n) is 3.46. The molecule has 1 heterocycles. The standard InChI is InChI=1S/C16H14N4O4/c1-23-12-5-3-4-10(8-12)15-17-16(19-18-15)11-6-7-14(24-2)13(9-11)20(21)22/h3-9H,1-2H3,(H,17,18,19). The molecule has 0 fully saturated rings. The van der Waals surface area contributed by atoms with Crippen molar-refractivity contribution in [1.82, 2.24) is 15.2 Å². The Morgan fingerprint density at radius 3 is 2.62 bits per heavy atom. The number of rotatable bonds is 5. The van der Waals surface area contributed by atoms with Crippen molar-refractivity contribution in [2.45, 2.75) is 0 Å². The molecule has 0 saturated heterocycles. The average molecular weight is 326 g/mol. The highest BCUT2D eigenvalue weighted by molar-refractivity contribution is 5.66. The van der Waals surface area contributed by atoms with Gasteiger partial charge in [0.05, 0.1) is 19.1 Å². The minimum absolute atomic E-state index is 0.130. The number of nitro benzene ring substituents is 1. The van der Waals surface area contributed by atoms with Gasteiger partial charge in [0.25, 0.3) is 0 Å². The molecule has 0 atom stereocenters. The van der Waals surface area contributed by atoms with Gasteiger partial charge in [0.15, 0.2) is 17.4 Å². The van der Waals surface area contributed by atoms with Crippen molar-refractivity contribution in [3.8, 4) is 34.3 Å². The Morgan fingerprint density at radius 1 is 1.08 bits per heavy atom. The molecule has 1 aromatic heterocycles. The van der Waals surface area contributed by atoms with E-state index in [-0.39, 0.29) is 11.4 Å². The molecule has 0 spiro atoms. The summed E-state index contributed by atoms with van der Waals surface area (Å²) in [5, 5.41) is 18.1. The van der Waals surface area contributed by atoms with Gasteiger partial charge in [0, 0.05) is 17.2 Å². The highest BCUT2D eigenvalue weighted by Crippen LogP contribution is 2.31. The highest BCUT2D eigenvalue weighted by Gasteiger charge is 2.17. The van der Waals surface area contributed by atoms with Crippen molar-refractivity contribution in [3.05, 3.63) is 52.6 Å². The van der Waals surface area contributed by atoms with Gasteiger partial charge in [-0.05, 0) is 24.3 Å². The molecule has 24 heavy (non-hydrogen) atoms. The zero-order chi connectivity index (χ0) is 17.1.